The fraction of sp³-hybridized carbons (Fsp3) is 0.500. The fourth-order valence-corrected chi connectivity index (χ4v) is 1.41. The van der Waals surface area contributed by atoms with E-state index in [1.54, 1.807) is 6.92 Å². The Morgan fingerprint density at radius 1 is 1.41 bits per heavy atom. The highest BCUT2D eigenvalue weighted by molar-refractivity contribution is 5.80. The number of carbonyl (C=O) groups excluding carboxylic acids is 1. The second-order valence-electron chi connectivity index (χ2n) is 4.39. The number of nitrogens with one attached hydrogen (secondary N) is 1. The third-order valence-corrected chi connectivity index (χ3v) is 2.67. The zero-order chi connectivity index (χ0) is 12.8. The molecule has 0 spiro atoms. The van der Waals surface area contributed by atoms with E-state index < -0.39 is 6.10 Å². The summed E-state index contributed by atoms with van der Waals surface area (Å²) < 4.78 is 5.59. The van der Waals surface area contributed by atoms with Crippen molar-refractivity contribution < 1.29 is 9.53 Å². The van der Waals surface area contributed by atoms with Crippen LogP contribution in [-0.4, -0.2) is 18.1 Å². The van der Waals surface area contributed by atoms with Gasteiger partial charge in [0.1, 0.15) is 5.75 Å². The SMILES string of the molecule is CC[C@H](C)NC(=O)[C@H](C)Oc1cccc(C)c1. The van der Waals surface area contributed by atoms with E-state index in [1.807, 2.05) is 45.0 Å². The largest absolute Gasteiger partial charge is 0.481 e. The molecule has 2 atom stereocenters. The minimum Gasteiger partial charge on any atom is -0.481 e. The molecule has 1 rings (SSSR count). The Bertz CT molecular complexity index is 376. The normalized spacial score (nSPS) is 13.9. The number of carbonyl (C=O) groups is 1. The van der Waals surface area contributed by atoms with Crippen LogP contribution in [0.2, 0.25) is 0 Å². The average Bonchev–Trinajstić information content (AvgIpc) is 2.28. The average molecular weight is 235 g/mol. The predicted molar refractivity (Wildman–Crippen MR) is 69.2 cm³/mol. The Hall–Kier alpha value is -1.51. The molecule has 0 fully saturated rings. The standard InChI is InChI=1S/C14H21NO2/c1-5-11(3)15-14(16)12(4)17-13-8-6-7-10(2)9-13/h6-9,11-12H,5H2,1-4H3,(H,15,16)/t11-,12-/m0/s1. The van der Waals surface area contributed by atoms with Crippen molar-refractivity contribution in [2.24, 2.45) is 0 Å². The Kier molecular flexibility index (Phi) is 5.01. The first-order valence-corrected chi connectivity index (χ1v) is 6.06. The van der Waals surface area contributed by atoms with Crippen LogP contribution >= 0.6 is 0 Å². The summed E-state index contributed by atoms with van der Waals surface area (Å²) in [5.74, 6) is 0.664. The molecule has 0 heterocycles. The molecule has 1 amide bonds. The summed E-state index contributed by atoms with van der Waals surface area (Å²) in [6.45, 7) is 7.78. The van der Waals surface area contributed by atoms with Crippen LogP contribution in [0, 0.1) is 6.92 Å². The molecule has 0 aliphatic rings. The fourth-order valence-electron chi connectivity index (χ4n) is 1.41. The molecule has 17 heavy (non-hydrogen) atoms. The molecule has 1 N–H and O–H groups in total. The van der Waals surface area contributed by atoms with Crippen molar-refractivity contribution in [2.75, 3.05) is 0 Å². The number of rotatable bonds is 5. The van der Waals surface area contributed by atoms with Crippen molar-refractivity contribution in [3.8, 4) is 5.75 Å². The maximum atomic E-state index is 11.8. The van der Waals surface area contributed by atoms with Crippen molar-refractivity contribution in [3.05, 3.63) is 29.8 Å². The first-order valence-electron chi connectivity index (χ1n) is 6.06. The lowest BCUT2D eigenvalue weighted by Crippen LogP contribution is -2.40. The van der Waals surface area contributed by atoms with E-state index >= 15 is 0 Å². The summed E-state index contributed by atoms with van der Waals surface area (Å²) in [6.07, 6.45) is 0.453. The Balaban J connectivity index is 2.54. The van der Waals surface area contributed by atoms with Crippen LogP contribution < -0.4 is 10.1 Å². The van der Waals surface area contributed by atoms with E-state index in [9.17, 15) is 4.79 Å². The van der Waals surface area contributed by atoms with Gasteiger partial charge in [-0.3, -0.25) is 4.79 Å². The Labute approximate surface area is 103 Å². The van der Waals surface area contributed by atoms with Gasteiger partial charge in [-0.05, 0) is 44.9 Å². The van der Waals surface area contributed by atoms with E-state index in [0.717, 1.165) is 17.7 Å². The van der Waals surface area contributed by atoms with Gasteiger partial charge in [-0.2, -0.15) is 0 Å². The van der Waals surface area contributed by atoms with Crippen molar-refractivity contribution in [3.63, 3.8) is 0 Å². The molecule has 0 radical (unpaired) electrons. The molecule has 1 aromatic rings. The van der Waals surface area contributed by atoms with Crippen LogP contribution in [0.15, 0.2) is 24.3 Å². The zero-order valence-corrected chi connectivity index (χ0v) is 11.0. The molecule has 3 heteroatoms. The van der Waals surface area contributed by atoms with Gasteiger partial charge in [0.2, 0.25) is 0 Å². The maximum Gasteiger partial charge on any atom is 0.260 e. The zero-order valence-electron chi connectivity index (χ0n) is 11.0. The van der Waals surface area contributed by atoms with Gasteiger partial charge in [-0.25, -0.2) is 0 Å². The van der Waals surface area contributed by atoms with Crippen molar-refractivity contribution in [2.45, 2.75) is 46.3 Å². The van der Waals surface area contributed by atoms with E-state index in [2.05, 4.69) is 5.32 Å². The second-order valence-corrected chi connectivity index (χ2v) is 4.39. The molecule has 0 aromatic heterocycles. The van der Waals surface area contributed by atoms with Crippen LogP contribution in [0.25, 0.3) is 0 Å². The Morgan fingerprint density at radius 2 is 2.12 bits per heavy atom. The summed E-state index contributed by atoms with van der Waals surface area (Å²) in [6, 6.07) is 7.89. The van der Waals surface area contributed by atoms with Gasteiger partial charge in [0.25, 0.3) is 5.91 Å². The predicted octanol–water partition coefficient (Wildman–Crippen LogP) is 2.68. The van der Waals surface area contributed by atoms with Crippen molar-refractivity contribution in [1.82, 2.24) is 5.32 Å². The highest BCUT2D eigenvalue weighted by Crippen LogP contribution is 2.14. The Morgan fingerprint density at radius 3 is 2.71 bits per heavy atom. The molecule has 3 nitrogen and oxygen atoms in total. The highest BCUT2D eigenvalue weighted by Gasteiger charge is 2.15. The van der Waals surface area contributed by atoms with E-state index in [1.165, 1.54) is 0 Å². The van der Waals surface area contributed by atoms with Crippen LogP contribution in [0.4, 0.5) is 0 Å². The summed E-state index contributed by atoms with van der Waals surface area (Å²) in [5, 5.41) is 2.90. The second kappa shape index (κ2) is 6.28. The van der Waals surface area contributed by atoms with Gasteiger partial charge in [0.05, 0.1) is 0 Å². The van der Waals surface area contributed by atoms with Crippen LogP contribution in [0.1, 0.15) is 32.8 Å². The van der Waals surface area contributed by atoms with Crippen LogP contribution in [-0.2, 0) is 4.79 Å². The number of amides is 1. The highest BCUT2D eigenvalue weighted by atomic mass is 16.5. The lowest BCUT2D eigenvalue weighted by atomic mass is 10.2. The molecule has 94 valence electrons. The topological polar surface area (TPSA) is 38.3 Å². The molecule has 1 aromatic carbocycles. The van der Waals surface area contributed by atoms with Gasteiger partial charge in [-0.1, -0.05) is 19.1 Å². The molecule has 0 aliphatic carbocycles. The van der Waals surface area contributed by atoms with Gasteiger partial charge < -0.3 is 10.1 Å². The minimum atomic E-state index is -0.467. The van der Waals surface area contributed by atoms with Gasteiger partial charge in [0, 0.05) is 6.04 Å². The van der Waals surface area contributed by atoms with E-state index in [-0.39, 0.29) is 11.9 Å². The van der Waals surface area contributed by atoms with Gasteiger partial charge in [-0.15, -0.1) is 0 Å². The van der Waals surface area contributed by atoms with Crippen LogP contribution in [0.5, 0.6) is 5.75 Å². The molecular formula is C14H21NO2. The third kappa shape index (κ3) is 4.47. The number of aryl methyl sites for hydroxylation is 1. The van der Waals surface area contributed by atoms with Crippen molar-refractivity contribution >= 4 is 5.91 Å². The van der Waals surface area contributed by atoms with Gasteiger partial charge in [0.15, 0.2) is 6.10 Å². The quantitative estimate of drug-likeness (QED) is 0.852. The summed E-state index contributed by atoms with van der Waals surface area (Å²) >= 11 is 0. The first kappa shape index (κ1) is 13.6. The number of benzene rings is 1. The minimum absolute atomic E-state index is 0.0687. The maximum absolute atomic E-state index is 11.8. The van der Waals surface area contributed by atoms with E-state index in [4.69, 9.17) is 4.74 Å². The number of ether oxygens (including phenoxy) is 1. The lowest BCUT2D eigenvalue weighted by Gasteiger charge is -2.17. The summed E-state index contributed by atoms with van der Waals surface area (Å²) in [7, 11) is 0. The number of hydrogen-bond donors (Lipinski definition) is 1. The summed E-state index contributed by atoms with van der Waals surface area (Å²) in [5.41, 5.74) is 1.12. The molecular weight excluding hydrogens is 214 g/mol. The lowest BCUT2D eigenvalue weighted by molar-refractivity contribution is -0.127. The molecule has 0 aliphatic heterocycles. The monoisotopic (exact) mass is 235 g/mol. The molecule has 0 saturated carbocycles. The molecule has 0 unspecified atom stereocenters. The smallest absolute Gasteiger partial charge is 0.260 e. The van der Waals surface area contributed by atoms with Crippen molar-refractivity contribution in [1.29, 1.82) is 0 Å². The van der Waals surface area contributed by atoms with E-state index in [0.29, 0.717) is 0 Å². The number of hydrogen-bond acceptors (Lipinski definition) is 2. The van der Waals surface area contributed by atoms with Crippen LogP contribution in [0.3, 0.4) is 0 Å². The molecule has 0 bridgehead atoms. The first-order chi connectivity index (χ1) is 8.02. The third-order valence-electron chi connectivity index (χ3n) is 2.67. The summed E-state index contributed by atoms with van der Waals surface area (Å²) in [4.78, 5) is 11.8. The van der Waals surface area contributed by atoms with Gasteiger partial charge >= 0.3 is 0 Å². The molecule has 0 saturated heterocycles.